The molecule has 0 unspecified atom stereocenters. The van der Waals surface area contributed by atoms with Crippen molar-refractivity contribution in [3.63, 3.8) is 0 Å². The van der Waals surface area contributed by atoms with Crippen LogP contribution in [0.4, 0.5) is 22.0 Å². The summed E-state index contributed by atoms with van der Waals surface area (Å²) in [4.78, 5) is 23.8. The molecule has 2 heterocycles. The molecule has 9 heteroatoms. The lowest BCUT2D eigenvalue weighted by atomic mass is 10.1. The van der Waals surface area contributed by atoms with Gasteiger partial charge in [-0.25, -0.2) is 14.8 Å². The van der Waals surface area contributed by atoms with Gasteiger partial charge in [0.05, 0.1) is 16.4 Å². The van der Waals surface area contributed by atoms with Gasteiger partial charge < -0.3 is 19.9 Å². The van der Waals surface area contributed by atoms with E-state index < -0.39 is 0 Å². The van der Waals surface area contributed by atoms with Crippen LogP contribution in [0.2, 0.25) is 10.0 Å². The molecule has 2 N–H and O–H groups in total. The molecule has 0 fully saturated rings. The van der Waals surface area contributed by atoms with Crippen molar-refractivity contribution >= 4 is 52.1 Å². The van der Waals surface area contributed by atoms with Gasteiger partial charge in [-0.2, -0.15) is 0 Å². The van der Waals surface area contributed by atoms with Crippen LogP contribution in [0, 0.1) is 0 Å². The second-order valence-electron chi connectivity index (χ2n) is 8.23. The molecule has 0 saturated heterocycles. The lowest BCUT2D eigenvalue weighted by Crippen LogP contribution is -2.19. The summed E-state index contributed by atoms with van der Waals surface area (Å²) >= 11 is 12.3. The van der Waals surface area contributed by atoms with Gasteiger partial charge in [0.1, 0.15) is 0 Å². The number of amides is 2. The molecule has 0 bridgehead atoms. The Morgan fingerprint density at radius 3 is 2.58 bits per heavy atom. The zero-order valence-electron chi connectivity index (χ0n) is 19.3. The second kappa shape index (κ2) is 10.3. The summed E-state index contributed by atoms with van der Waals surface area (Å²) in [5, 5.41) is 6.74. The smallest absolute Gasteiger partial charge is 0.323 e. The summed E-state index contributed by atoms with van der Waals surface area (Å²) < 4.78 is 1.95. The highest BCUT2D eigenvalue weighted by molar-refractivity contribution is 6.33. The van der Waals surface area contributed by atoms with Gasteiger partial charge >= 0.3 is 6.03 Å². The van der Waals surface area contributed by atoms with E-state index in [0.29, 0.717) is 28.0 Å². The van der Waals surface area contributed by atoms with Crippen LogP contribution < -0.4 is 15.5 Å². The number of anilines is 3. The molecule has 0 aliphatic carbocycles. The Morgan fingerprint density at radius 1 is 1.00 bits per heavy atom. The van der Waals surface area contributed by atoms with E-state index in [4.69, 9.17) is 28.2 Å². The second-order valence-corrected chi connectivity index (χ2v) is 9.07. The van der Waals surface area contributed by atoms with E-state index in [2.05, 4.69) is 15.6 Å². The van der Waals surface area contributed by atoms with Crippen LogP contribution in [-0.2, 0) is 6.54 Å². The Balaban J connectivity index is 1.36. The summed E-state index contributed by atoms with van der Waals surface area (Å²) in [6, 6.07) is 21.9. The standard InChI is InChI=1S/C27H22Cl2N6O/c1-34(16-18-5-4-6-20(28)15-18)26-25-30-13-14-35(25)17-24(32-26)19-9-11-21(12-10-19)31-27(36)33-23-8-3-2-7-22(23)29/h2-15,17H,16H2,1H3,(H2,31,33,36). The Hall–Kier alpha value is -4.07. The van der Waals surface area contributed by atoms with Gasteiger partial charge in [-0.05, 0) is 42.0 Å². The predicted octanol–water partition coefficient (Wildman–Crippen LogP) is 6.98. The molecule has 180 valence electrons. The Morgan fingerprint density at radius 2 is 1.81 bits per heavy atom. The van der Waals surface area contributed by atoms with E-state index in [1.54, 1.807) is 30.5 Å². The van der Waals surface area contributed by atoms with Crippen LogP contribution in [0.1, 0.15) is 5.56 Å². The number of imidazole rings is 1. The van der Waals surface area contributed by atoms with Gasteiger partial charge in [0.2, 0.25) is 0 Å². The third kappa shape index (κ3) is 5.27. The molecular formula is C27H22Cl2N6O. The highest BCUT2D eigenvalue weighted by atomic mass is 35.5. The number of nitrogens with zero attached hydrogens (tertiary/aromatic N) is 4. The van der Waals surface area contributed by atoms with Crippen molar-refractivity contribution in [3.05, 3.63) is 107 Å². The maximum absolute atomic E-state index is 12.4. The number of carbonyl (C=O) groups excluding carboxylic acids is 1. The minimum Gasteiger partial charge on any atom is -0.352 e. The fraction of sp³-hybridized carbons (Fsp3) is 0.0741. The fourth-order valence-electron chi connectivity index (χ4n) is 3.87. The van der Waals surface area contributed by atoms with Gasteiger partial charge in [0, 0.05) is 48.5 Å². The lowest BCUT2D eigenvalue weighted by Gasteiger charge is -2.20. The summed E-state index contributed by atoms with van der Waals surface area (Å²) in [7, 11) is 1.98. The number of aromatic nitrogens is 3. The molecule has 2 aromatic heterocycles. The van der Waals surface area contributed by atoms with E-state index in [1.807, 2.05) is 77.3 Å². The highest BCUT2D eigenvalue weighted by Crippen LogP contribution is 2.27. The first-order valence-corrected chi connectivity index (χ1v) is 11.9. The number of carbonyl (C=O) groups is 1. The quantitative estimate of drug-likeness (QED) is 0.255. The number of urea groups is 1. The van der Waals surface area contributed by atoms with Crippen molar-refractivity contribution in [3.8, 4) is 11.3 Å². The fourth-order valence-corrected chi connectivity index (χ4v) is 4.26. The molecule has 3 aromatic carbocycles. The molecule has 0 aliphatic heterocycles. The van der Waals surface area contributed by atoms with E-state index >= 15 is 0 Å². The minimum atomic E-state index is -0.376. The van der Waals surface area contributed by atoms with Crippen molar-refractivity contribution in [2.24, 2.45) is 0 Å². The predicted molar refractivity (Wildman–Crippen MR) is 146 cm³/mol. The summed E-state index contributed by atoms with van der Waals surface area (Å²) in [6.45, 7) is 0.628. The summed E-state index contributed by atoms with van der Waals surface area (Å²) in [6.07, 6.45) is 5.58. The number of hydrogen-bond donors (Lipinski definition) is 2. The number of halogens is 2. The van der Waals surface area contributed by atoms with E-state index in [9.17, 15) is 4.79 Å². The SMILES string of the molecule is CN(Cc1cccc(Cl)c1)c1nc(-c2ccc(NC(=O)Nc3ccccc3Cl)cc2)cn2ccnc12. The van der Waals surface area contributed by atoms with Gasteiger partial charge in [0.25, 0.3) is 0 Å². The van der Waals surface area contributed by atoms with Gasteiger partial charge in [-0.15, -0.1) is 0 Å². The first kappa shape index (κ1) is 23.7. The molecule has 0 saturated carbocycles. The maximum atomic E-state index is 12.4. The minimum absolute atomic E-state index is 0.376. The Bertz CT molecular complexity index is 1530. The number of para-hydroxylation sites is 1. The van der Waals surface area contributed by atoms with Crippen molar-refractivity contribution in [2.75, 3.05) is 22.6 Å². The van der Waals surface area contributed by atoms with Crippen LogP contribution in [0.15, 0.2) is 91.4 Å². The lowest BCUT2D eigenvalue weighted by molar-refractivity contribution is 0.262. The number of benzene rings is 3. The highest BCUT2D eigenvalue weighted by Gasteiger charge is 2.14. The van der Waals surface area contributed by atoms with Crippen molar-refractivity contribution < 1.29 is 4.79 Å². The van der Waals surface area contributed by atoms with Crippen LogP contribution in [0.5, 0.6) is 0 Å². The van der Waals surface area contributed by atoms with Crippen molar-refractivity contribution in [2.45, 2.75) is 6.54 Å². The molecule has 0 atom stereocenters. The molecule has 2 amide bonds. The molecule has 0 spiro atoms. The van der Waals surface area contributed by atoms with E-state index in [0.717, 1.165) is 28.3 Å². The first-order chi connectivity index (χ1) is 17.5. The third-order valence-electron chi connectivity index (χ3n) is 5.59. The van der Waals surface area contributed by atoms with E-state index in [1.165, 1.54) is 0 Å². The first-order valence-electron chi connectivity index (χ1n) is 11.2. The number of fused-ring (bicyclic) bond motifs is 1. The molecule has 5 rings (SSSR count). The summed E-state index contributed by atoms with van der Waals surface area (Å²) in [5.74, 6) is 0.749. The van der Waals surface area contributed by atoms with Crippen LogP contribution in [0.3, 0.4) is 0 Å². The number of rotatable bonds is 6. The van der Waals surface area contributed by atoms with Crippen LogP contribution in [0.25, 0.3) is 16.9 Å². The van der Waals surface area contributed by atoms with Gasteiger partial charge in [-0.3, -0.25) is 0 Å². The molecule has 0 aliphatic rings. The molecule has 5 aromatic rings. The Labute approximate surface area is 218 Å². The maximum Gasteiger partial charge on any atom is 0.323 e. The molecule has 36 heavy (non-hydrogen) atoms. The summed E-state index contributed by atoms with van der Waals surface area (Å²) in [5.41, 5.74) is 4.71. The normalized spacial score (nSPS) is 10.9. The molecule has 0 radical (unpaired) electrons. The van der Waals surface area contributed by atoms with E-state index in [-0.39, 0.29) is 6.03 Å². The molecule has 7 nitrogen and oxygen atoms in total. The average Bonchev–Trinajstić information content (AvgIpc) is 3.34. The third-order valence-corrected chi connectivity index (χ3v) is 6.15. The average molecular weight is 517 g/mol. The zero-order chi connectivity index (χ0) is 25.1. The Kier molecular flexibility index (Phi) is 6.75. The monoisotopic (exact) mass is 516 g/mol. The van der Waals surface area contributed by atoms with Gasteiger partial charge in [-0.1, -0.05) is 59.6 Å². The largest absolute Gasteiger partial charge is 0.352 e. The molecular weight excluding hydrogens is 495 g/mol. The van der Waals surface area contributed by atoms with Crippen LogP contribution in [-0.4, -0.2) is 27.4 Å². The number of hydrogen-bond acceptors (Lipinski definition) is 4. The zero-order valence-corrected chi connectivity index (χ0v) is 20.8. The van der Waals surface area contributed by atoms with Gasteiger partial charge in [0.15, 0.2) is 11.5 Å². The van der Waals surface area contributed by atoms with Crippen molar-refractivity contribution in [1.82, 2.24) is 14.4 Å². The van der Waals surface area contributed by atoms with Crippen molar-refractivity contribution in [1.29, 1.82) is 0 Å². The van der Waals surface area contributed by atoms with Crippen LogP contribution >= 0.6 is 23.2 Å². The topological polar surface area (TPSA) is 74.6 Å². The number of nitrogens with one attached hydrogen (secondary N) is 2.